The first-order chi connectivity index (χ1) is 16.7. The number of nitrogens with zero attached hydrogens (tertiary/aromatic N) is 2. The summed E-state index contributed by atoms with van der Waals surface area (Å²) >= 11 is 0. The lowest BCUT2D eigenvalue weighted by Crippen LogP contribution is -2.39. The highest BCUT2D eigenvalue weighted by molar-refractivity contribution is 5.85. The van der Waals surface area contributed by atoms with Crippen LogP contribution in [0.15, 0.2) is 36.5 Å². The van der Waals surface area contributed by atoms with Crippen LogP contribution in [0.2, 0.25) is 0 Å². The van der Waals surface area contributed by atoms with Crippen LogP contribution < -0.4 is 16.0 Å². The number of rotatable bonds is 13. The molecule has 0 spiro atoms. The van der Waals surface area contributed by atoms with Crippen LogP contribution in [0, 0.1) is 24.0 Å². The van der Waals surface area contributed by atoms with Gasteiger partial charge in [-0.15, -0.1) is 0 Å². The first-order valence-corrected chi connectivity index (χ1v) is 11.2. The number of carbonyl (C=O) groups excluding carboxylic acids is 3. The van der Waals surface area contributed by atoms with Gasteiger partial charge in [0.2, 0.25) is 11.8 Å². The largest absolute Gasteiger partial charge is 0.469 e. The van der Waals surface area contributed by atoms with Crippen LogP contribution in [0.5, 0.6) is 0 Å². The SMILES string of the molecule is COC(=O)CC(NC(=O)CNC(=O)CCCCNc1cc(C)ccn1)c1ccc(C)c([N+](=O)[O-])c1. The second kappa shape index (κ2) is 13.6. The highest BCUT2D eigenvalue weighted by Crippen LogP contribution is 2.25. The molecule has 0 saturated carbocycles. The molecule has 1 heterocycles. The molecule has 11 nitrogen and oxygen atoms in total. The van der Waals surface area contributed by atoms with E-state index in [2.05, 4.69) is 25.7 Å². The molecule has 0 saturated heterocycles. The number of hydrogen-bond acceptors (Lipinski definition) is 8. The minimum atomic E-state index is -0.840. The monoisotopic (exact) mass is 485 g/mol. The second-order valence-corrected chi connectivity index (χ2v) is 8.08. The summed E-state index contributed by atoms with van der Waals surface area (Å²) in [7, 11) is 1.21. The maximum atomic E-state index is 12.4. The van der Waals surface area contributed by atoms with E-state index >= 15 is 0 Å². The molecule has 11 heteroatoms. The maximum Gasteiger partial charge on any atom is 0.307 e. The molecule has 188 valence electrons. The number of esters is 1. The standard InChI is InChI=1S/C24H31N5O6/c1-16-9-11-26-21(12-16)25-10-5-4-6-22(30)27-15-23(31)28-19(14-24(32)35-3)18-8-7-17(2)20(13-18)29(33)34/h7-9,11-13,19H,4-6,10,14-15H2,1-3H3,(H,25,26)(H,27,30)(H,28,31). The second-order valence-electron chi connectivity index (χ2n) is 8.08. The molecule has 3 N–H and O–H groups in total. The molecule has 1 aromatic carbocycles. The molecule has 0 aliphatic carbocycles. The maximum absolute atomic E-state index is 12.4. The molecule has 0 aliphatic rings. The van der Waals surface area contributed by atoms with Gasteiger partial charge in [0, 0.05) is 30.8 Å². The molecule has 1 atom stereocenters. The van der Waals surface area contributed by atoms with Gasteiger partial charge in [0.1, 0.15) is 5.82 Å². The Morgan fingerprint density at radius 3 is 2.57 bits per heavy atom. The molecular weight excluding hydrogens is 454 g/mol. The van der Waals surface area contributed by atoms with Crippen molar-refractivity contribution in [2.24, 2.45) is 0 Å². The number of aryl methyl sites for hydroxylation is 2. The smallest absolute Gasteiger partial charge is 0.307 e. The van der Waals surface area contributed by atoms with Gasteiger partial charge in [0.15, 0.2) is 0 Å². The van der Waals surface area contributed by atoms with Crippen molar-refractivity contribution in [3.05, 3.63) is 63.3 Å². The Labute approximate surface area is 203 Å². The van der Waals surface area contributed by atoms with Crippen molar-refractivity contribution in [3.8, 4) is 0 Å². The number of benzene rings is 1. The molecular formula is C24H31N5O6. The number of hydrogen-bond donors (Lipinski definition) is 3. The van der Waals surface area contributed by atoms with Crippen molar-refractivity contribution in [1.29, 1.82) is 0 Å². The number of anilines is 1. The van der Waals surface area contributed by atoms with E-state index < -0.39 is 22.8 Å². The van der Waals surface area contributed by atoms with Crippen molar-refractivity contribution in [3.63, 3.8) is 0 Å². The summed E-state index contributed by atoms with van der Waals surface area (Å²) in [4.78, 5) is 51.3. The lowest BCUT2D eigenvalue weighted by atomic mass is 10.0. The van der Waals surface area contributed by atoms with Crippen LogP contribution in [0.1, 0.15) is 48.4 Å². The van der Waals surface area contributed by atoms with Crippen LogP contribution in [0.4, 0.5) is 11.5 Å². The van der Waals surface area contributed by atoms with Gasteiger partial charge in [-0.1, -0.05) is 12.1 Å². The molecule has 1 aromatic heterocycles. The van der Waals surface area contributed by atoms with Gasteiger partial charge >= 0.3 is 5.97 Å². The highest BCUT2D eigenvalue weighted by Gasteiger charge is 2.22. The Morgan fingerprint density at radius 2 is 1.89 bits per heavy atom. The van der Waals surface area contributed by atoms with Crippen molar-refractivity contribution in [2.75, 3.05) is 25.5 Å². The molecule has 2 rings (SSSR count). The highest BCUT2D eigenvalue weighted by atomic mass is 16.6. The summed E-state index contributed by atoms with van der Waals surface area (Å²) in [5, 5.41) is 19.7. The number of aromatic nitrogens is 1. The normalized spacial score (nSPS) is 11.3. The zero-order valence-corrected chi connectivity index (χ0v) is 20.1. The molecule has 1 unspecified atom stereocenters. The number of carbonyl (C=O) groups is 3. The number of ether oxygens (including phenoxy) is 1. The van der Waals surface area contributed by atoms with E-state index in [0.717, 1.165) is 17.8 Å². The number of unbranched alkanes of at least 4 members (excludes halogenated alkanes) is 1. The van der Waals surface area contributed by atoms with E-state index in [4.69, 9.17) is 0 Å². The van der Waals surface area contributed by atoms with Gasteiger partial charge in [-0.3, -0.25) is 24.5 Å². The molecule has 0 radical (unpaired) electrons. The first kappa shape index (κ1) is 27.2. The number of nitro benzene ring substituents is 1. The lowest BCUT2D eigenvalue weighted by Gasteiger charge is -2.19. The van der Waals surface area contributed by atoms with Gasteiger partial charge in [0.05, 0.1) is 31.0 Å². The lowest BCUT2D eigenvalue weighted by molar-refractivity contribution is -0.385. The fourth-order valence-electron chi connectivity index (χ4n) is 3.31. The number of methoxy groups -OCH3 is 1. The van der Waals surface area contributed by atoms with Crippen molar-refractivity contribution >= 4 is 29.3 Å². The number of pyridine rings is 1. The minimum absolute atomic E-state index is 0.118. The number of nitro groups is 1. The van der Waals surface area contributed by atoms with Crippen LogP contribution >= 0.6 is 0 Å². The van der Waals surface area contributed by atoms with Gasteiger partial charge in [-0.25, -0.2) is 4.98 Å². The van der Waals surface area contributed by atoms with E-state index in [1.807, 2.05) is 19.1 Å². The number of amides is 2. The predicted molar refractivity (Wildman–Crippen MR) is 130 cm³/mol. The van der Waals surface area contributed by atoms with E-state index in [-0.39, 0.29) is 31.0 Å². The van der Waals surface area contributed by atoms with Crippen molar-refractivity contribution < 1.29 is 24.0 Å². The Hall–Kier alpha value is -4.02. The quantitative estimate of drug-likeness (QED) is 0.169. The van der Waals surface area contributed by atoms with Crippen LogP contribution in [-0.4, -0.2) is 47.9 Å². The average Bonchev–Trinajstić information content (AvgIpc) is 2.82. The van der Waals surface area contributed by atoms with Crippen LogP contribution in [-0.2, 0) is 19.1 Å². The van der Waals surface area contributed by atoms with Crippen molar-refractivity contribution in [2.45, 2.75) is 45.6 Å². The van der Waals surface area contributed by atoms with E-state index in [9.17, 15) is 24.5 Å². The Balaban J connectivity index is 1.81. The topological polar surface area (TPSA) is 153 Å². The van der Waals surface area contributed by atoms with E-state index in [0.29, 0.717) is 24.1 Å². The third-order valence-corrected chi connectivity index (χ3v) is 5.26. The minimum Gasteiger partial charge on any atom is -0.469 e. The molecule has 2 amide bonds. The van der Waals surface area contributed by atoms with Gasteiger partial charge in [0.25, 0.3) is 5.69 Å². The van der Waals surface area contributed by atoms with Gasteiger partial charge in [-0.05, 0) is 49.9 Å². The average molecular weight is 486 g/mol. The number of nitrogens with one attached hydrogen (secondary N) is 3. The van der Waals surface area contributed by atoms with Crippen LogP contribution in [0.25, 0.3) is 0 Å². The Kier molecular flexibility index (Phi) is 10.6. The molecule has 2 aromatic rings. The fraction of sp³-hybridized carbons (Fsp3) is 0.417. The third-order valence-electron chi connectivity index (χ3n) is 5.26. The summed E-state index contributed by atoms with van der Waals surface area (Å²) in [6, 6.07) is 7.49. The van der Waals surface area contributed by atoms with E-state index in [1.165, 1.54) is 13.2 Å². The summed E-state index contributed by atoms with van der Waals surface area (Å²) < 4.78 is 4.68. The van der Waals surface area contributed by atoms with Crippen LogP contribution in [0.3, 0.4) is 0 Å². The zero-order chi connectivity index (χ0) is 25.8. The third kappa shape index (κ3) is 9.40. The summed E-state index contributed by atoms with van der Waals surface area (Å²) in [5.41, 5.74) is 1.84. The summed E-state index contributed by atoms with van der Waals surface area (Å²) in [6.45, 7) is 3.97. The molecule has 35 heavy (non-hydrogen) atoms. The summed E-state index contributed by atoms with van der Waals surface area (Å²) in [6.07, 6.45) is 3.16. The molecule has 0 fully saturated rings. The van der Waals surface area contributed by atoms with Gasteiger partial charge in [-0.2, -0.15) is 0 Å². The first-order valence-electron chi connectivity index (χ1n) is 11.2. The van der Waals surface area contributed by atoms with Crippen molar-refractivity contribution in [1.82, 2.24) is 15.6 Å². The fourth-order valence-corrected chi connectivity index (χ4v) is 3.31. The predicted octanol–water partition coefficient (Wildman–Crippen LogP) is 2.73. The molecule has 0 aliphatic heterocycles. The summed E-state index contributed by atoms with van der Waals surface area (Å²) in [5.74, 6) is -0.601. The van der Waals surface area contributed by atoms with E-state index in [1.54, 1.807) is 25.3 Å². The Bertz CT molecular complexity index is 1060. The molecule has 0 bridgehead atoms. The van der Waals surface area contributed by atoms with Gasteiger partial charge < -0.3 is 20.7 Å². The Morgan fingerprint density at radius 1 is 1.11 bits per heavy atom. The zero-order valence-electron chi connectivity index (χ0n) is 20.1.